The van der Waals surface area contributed by atoms with Gasteiger partial charge in [-0.3, -0.25) is 4.90 Å². The summed E-state index contributed by atoms with van der Waals surface area (Å²) in [5.74, 6) is 0. The van der Waals surface area contributed by atoms with Crippen molar-refractivity contribution in [3.8, 4) is 0 Å². The van der Waals surface area contributed by atoms with Gasteiger partial charge in [0, 0.05) is 26.2 Å². The molecule has 0 aliphatic carbocycles. The van der Waals surface area contributed by atoms with Crippen molar-refractivity contribution in [3.05, 3.63) is 12.2 Å². The van der Waals surface area contributed by atoms with Crippen molar-refractivity contribution in [2.24, 2.45) is 0 Å². The highest BCUT2D eigenvalue weighted by Gasteiger charge is 2.24. The lowest BCUT2D eigenvalue weighted by Gasteiger charge is -2.28. The first-order valence-electron chi connectivity index (χ1n) is 5.11. The van der Waals surface area contributed by atoms with Gasteiger partial charge in [-0.1, -0.05) is 12.2 Å². The molecule has 0 atom stereocenters. The molecule has 0 radical (unpaired) electrons. The van der Waals surface area contributed by atoms with E-state index in [-0.39, 0.29) is 5.60 Å². The highest BCUT2D eigenvalue weighted by atomic mass is 16.5. The van der Waals surface area contributed by atoms with E-state index in [0.29, 0.717) is 0 Å². The maximum absolute atomic E-state index is 5.73. The molecule has 1 fully saturated rings. The maximum Gasteiger partial charge on any atom is 0.0752 e. The molecule has 2 heteroatoms. The smallest absolute Gasteiger partial charge is 0.0752 e. The molecule has 1 saturated heterocycles. The van der Waals surface area contributed by atoms with E-state index in [0.717, 1.165) is 32.7 Å². The molecule has 76 valence electrons. The van der Waals surface area contributed by atoms with Gasteiger partial charge in [0.05, 0.1) is 5.60 Å². The fourth-order valence-corrected chi connectivity index (χ4v) is 1.71. The van der Waals surface area contributed by atoms with Crippen molar-refractivity contribution < 1.29 is 4.74 Å². The summed E-state index contributed by atoms with van der Waals surface area (Å²) in [6.07, 6.45) is 5.47. The lowest BCUT2D eigenvalue weighted by molar-refractivity contribution is -0.0160. The first-order valence-corrected chi connectivity index (χ1v) is 5.11. The third kappa shape index (κ3) is 3.92. The Morgan fingerprint density at radius 2 is 2.23 bits per heavy atom. The van der Waals surface area contributed by atoms with Crippen LogP contribution in [0.2, 0.25) is 0 Å². The summed E-state index contributed by atoms with van der Waals surface area (Å²) >= 11 is 0. The van der Waals surface area contributed by atoms with Crippen molar-refractivity contribution in [2.45, 2.75) is 32.8 Å². The van der Waals surface area contributed by atoms with Crippen LogP contribution in [0.3, 0.4) is 0 Å². The largest absolute Gasteiger partial charge is 0.374 e. The van der Waals surface area contributed by atoms with E-state index >= 15 is 0 Å². The summed E-state index contributed by atoms with van der Waals surface area (Å²) in [7, 11) is 0. The Kier molecular flexibility index (Phi) is 3.94. The number of allylic oxidation sites excluding steroid dienone is 1. The number of hydrogen-bond acceptors (Lipinski definition) is 2. The molecule has 1 heterocycles. The molecule has 0 aromatic carbocycles. The molecule has 0 bridgehead atoms. The van der Waals surface area contributed by atoms with E-state index in [4.69, 9.17) is 4.74 Å². The molecule has 1 aliphatic rings. The second kappa shape index (κ2) is 4.77. The zero-order valence-electron chi connectivity index (χ0n) is 9.05. The first-order chi connectivity index (χ1) is 6.14. The normalized spacial score (nSPS) is 24.8. The van der Waals surface area contributed by atoms with Crippen LogP contribution in [0, 0.1) is 0 Å². The van der Waals surface area contributed by atoms with Gasteiger partial charge in [0.15, 0.2) is 0 Å². The monoisotopic (exact) mass is 183 g/mol. The van der Waals surface area contributed by atoms with E-state index in [1.165, 1.54) is 0 Å². The highest BCUT2D eigenvalue weighted by Crippen LogP contribution is 2.15. The number of nitrogens with zero attached hydrogens (tertiary/aromatic N) is 1. The van der Waals surface area contributed by atoms with E-state index in [1.807, 2.05) is 0 Å². The Balaban J connectivity index is 2.44. The summed E-state index contributed by atoms with van der Waals surface area (Å²) in [6, 6.07) is 0. The van der Waals surface area contributed by atoms with Gasteiger partial charge < -0.3 is 4.74 Å². The molecule has 0 aromatic rings. The Bertz CT molecular complexity index is 175. The predicted molar refractivity (Wildman–Crippen MR) is 55.9 cm³/mol. The number of hydrogen-bond donors (Lipinski definition) is 0. The molecule has 0 amide bonds. The molecule has 13 heavy (non-hydrogen) atoms. The lowest BCUT2D eigenvalue weighted by atomic mass is 10.1. The number of ether oxygens (including phenoxy) is 1. The van der Waals surface area contributed by atoms with Crippen LogP contribution in [-0.4, -0.2) is 36.7 Å². The zero-order valence-corrected chi connectivity index (χ0v) is 9.05. The van der Waals surface area contributed by atoms with Gasteiger partial charge >= 0.3 is 0 Å². The quantitative estimate of drug-likeness (QED) is 0.608. The Morgan fingerprint density at radius 1 is 1.46 bits per heavy atom. The van der Waals surface area contributed by atoms with Crippen molar-refractivity contribution >= 4 is 0 Å². The minimum atomic E-state index is 0.0259. The molecular formula is C11H21NO. The minimum absolute atomic E-state index is 0.0259. The highest BCUT2D eigenvalue weighted by molar-refractivity contribution is 4.85. The second-order valence-electron chi connectivity index (χ2n) is 4.27. The van der Waals surface area contributed by atoms with Crippen molar-refractivity contribution in [3.63, 3.8) is 0 Å². The summed E-state index contributed by atoms with van der Waals surface area (Å²) in [5, 5.41) is 0. The molecule has 0 N–H and O–H groups in total. The maximum atomic E-state index is 5.73. The Labute approximate surface area is 81.6 Å². The van der Waals surface area contributed by atoms with E-state index < -0.39 is 0 Å². The van der Waals surface area contributed by atoms with E-state index in [1.54, 1.807) is 0 Å². The average molecular weight is 183 g/mol. The molecule has 1 rings (SSSR count). The fraction of sp³-hybridized carbons (Fsp3) is 0.818. The van der Waals surface area contributed by atoms with Crippen LogP contribution in [0.4, 0.5) is 0 Å². The van der Waals surface area contributed by atoms with Gasteiger partial charge in [-0.25, -0.2) is 0 Å². The summed E-state index contributed by atoms with van der Waals surface area (Å²) in [4.78, 5) is 2.45. The SMILES string of the molecule is C/C=C/CN1CCCOC(C)(C)C1. The molecule has 0 aromatic heterocycles. The molecular weight excluding hydrogens is 162 g/mol. The number of rotatable bonds is 2. The van der Waals surface area contributed by atoms with Crippen molar-refractivity contribution in [1.82, 2.24) is 4.90 Å². The predicted octanol–water partition coefficient (Wildman–Crippen LogP) is 2.06. The second-order valence-corrected chi connectivity index (χ2v) is 4.27. The van der Waals surface area contributed by atoms with Gasteiger partial charge in [0.25, 0.3) is 0 Å². The zero-order chi connectivity index (χ0) is 9.73. The van der Waals surface area contributed by atoms with Crippen LogP contribution in [-0.2, 0) is 4.74 Å². The third-order valence-electron chi connectivity index (χ3n) is 2.32. The van der Waals surface area contributed by atoms with Crippen LogP contribution in [0.1, 0.15) is 27.2 Å². The van der Waals surface area contributed by atoms with Gasteiger partial charge in [-0.2, -0.15) is 0 Å². The van der Waals surface area contributed by atoms with Crippen LogP contribution >= 0.6 is 0 Å². The summed E-state index contributed by atoms with van der Waals surface area (Å²) in [6.45, 7) is 10.6. The summed E-state index contributed by atoms with van der Waals surface area (Å²) in [5.41, 5.74) is 0.0259. The third-order valence-corrected chi connectivity index (χ3v) is 2.32. The standard InChI is InChI=1S/C11H21NO/c1-4-5-7-12-8-6-9-13-11(2,3)10-12/h4-5H,6-10H2,1-3H3/b5-4+. The Morgan fingerprint density at radius 3 is 2.92 bits per heavy atom. The van der Waals surface area contributed by atoms with Gasteiger partial charge in [-0.15, -0.1) is 0 Å². The van der Waals surface area contributed by atoms with Gasteiger partial charge in [0.1, 0.15) is 0 Å². The van der Waals surface area contributed by atoms with Gasteiger partial charge in [-0.05, 0) is 27.2 Å². The van der Waals surface area contributed by atoms with E-state index in [2.05, 4.69) is 37.8 Å². The first kappa shape index (κ1) is 10.7. The summed E-state index contributed by atoms with van der Waals surface area (Å²) < 4.78 is 5.73. The van der Waals surface area contributed by atoms with Crippen LogP contribution in [0.15, 0.2) is 12.2 Å². The molecule has 2 nitrogen and oxygen atoms in total. The fourth-order valence-electron chi connectivity index (χ4n) is 1.71. The molecule has 0 saturated carbocycles. The van der Waals surface area contributed by atoms with Crippen molar-refractivity contribution in [1.29, 1.82) is 0 Å². The van der Waals surface area contributed by atoms with E-state index in [9.17, 15) is 0 Å². The average Bonchev–Trinajstić information content (AvgIpc) is 2.22. The topological polar surface area (TPSA) is 12.5 Å². The van der Waals surface area contributed by atoms with Crippen molar-refractivity contribution in [2.75, 3.05) is 26.2 Å². The van der Waals surface area contributed by atoms with Gasteiger partial charge in [0.2, 0.25) is 0 Å². The van der Waals surface area contributed by atoms with Crippen LogP contribution in [0.5, 0.6) is 0 Å². The Hall–Kier alpha value is -0.340. The van der Waals surface area contributed by atoms with Crippen LogP contribution in [0.25, 0.3) is 0 Å². The molecule has 1 aliphatic heterocycles. The molecule has 0 unspecified atom stereocenters. The van der Waals surface area contributed by atoms with Crippen LogP contribution < -0.4 is 0 Å². The lowest BCUT2D eigenvalue weighted by Crippen LogP contribution is -2.38. The molecule has 0 spiro atoms. The minimum Gasteiger partial charge on any atom is -0.374 e.